The summed E-state index contributed by atoms with van der Waals surface area (Å²) >= 11 is 0. The minimum Gasteiger partial charge on any atom is -0.337 e. The minimum absolute atomic E-state index is 0.0147. The van der Waals surface area contributed by atoms with Gasteiger partial charge in [0.05, 0.1) is 12.1 Å². The van der Waals surface area contributed by atoms with E-state index in [2.05, 4.69) is 30.7 Å². The molecule has 112 valence electrons. The highest BCUT2D eigenvalue weighted by Crippen LogP contribution is 2.25. The van der Waals surface area contributed by atoms with Crippen LogP contribution >= 0.6 is 0 Å². The summed E-state index contributed by atoms with van der Waals surface area (Å²) < 4.78 is 0. The summed E-state index contributed by atoms with van der Waals surface area (Å²) in [4.78, 5) is 18.7. The molecule has 2 heterocycles. The Morgan fingerprint density at radius 1 is 1.48 bits per heavy atom. The molecule has 1 saturated heterocycles. The lowest BCUT2D eigenvalue weighted by Crippen LogP contribution is -2.40. The zero-order valence-electron chi connectivity index (χ0n) is 12.8. The van der Waals surface area contributed by atoms with E-state index in [9.17, 15) is 4.79 Å². The van der Waals surface area contributed by atoms with Gasteiger partial charge in [-0.1, -0.05) is 25.7 Å². The SMILES string of the molecule is CC(C)C1CCN(C(=O)c2ncccc2C#CCN)CC1. The van der Waals surface area contributed by atoms with Gasteiger partial charge in [0.25, 0.3) is 5.91 Å². The number of aromatic nitrogens is 1. The Bertz CT molecular complexity index is 549. The maximum absolute atomic E-state index is 12.6. The molecule has 0 atom stereocenters. The van der Waals surface area contributed by atoms with Gasteiger partial charge in [-0.05, 0) is 36.8 Å². The Kier molecular flexibility index (Phi) is 5.35. The van der Waals surface area contributed by atoms with Gasteiger partial charge in [-0.2, -0.15) is 0 Å². The first-order valence-corrected chi connectivity index (χ1v) is 7.56. The molecule has 21 heavy (non-hydrogen) atoms. The van der Waals surface area contributed by atoms with Crippen LogP contribution in [0.4, 0.5) is 0 Å². The van der Waals surface area contributed by atoms with Crippen LogP contribution < -0.4 is 5.73 Å². The molecular weight excluding hydrogens is 262 g/mol. The summed E-state index contributed by atoms with van der Waals surface area (Å²) in [5, 5.41) is 0. The minimum atomic E-state index is -0.0147. The molecule has 2 N–H and O–H groups in total. The topological polar surface area (TPSA) is 59.2 Å². The van der Waals surface area contributed by atoms with E-state index < -0.39 is 0 Å². The molecule has 0 bridgehead atoms. The number of piperidine rings is 1. The van der Waals surface area contributed by atoms with E-state index >= 15 is 0 Å². The molecule has 0 aliphatic carbocycles. The molecular formula is C17H23N3O. The van der Waals surface area contributed by atoms with E-state index in [0.717, 1.165) is 25.9 Å². The van der Waals surface area contributed by atoms with Crippen molar-refractivity contribution in [3.05, 3.63) is 29.6 Å². The molecule has 0 aromatic carbocycles. The largest absolute Gasteiger partial charge is 0.337 e. The van der Waals surface area contributed by atoms with Crippen molar-refractivity contribution in [3.63, 3.8) is 0 Å². The van der Waals surface area contributed by atoms with Gasteiger partial charge in [-0.25, -0.2) is 4.98 Å². The average Bonchev–Trinajstić information content (AvgIpc) is 2.52. The second-order valence-corrected chi connectivity index (χ2v) is 5.78. The molecule has 1 aromatic heterocycles. The van der Waals surface area contributed by atoms with Crippen LogP contribution in [0.5, 0.6) is 0 Å². The van der Waals surface area contributed by atoms with E-state index in [1.165, 1.54) is 0 Å². The predicted octanol–water partition coefficient (Wildman–Crippen LogP) is 1.90. The van der Waals surface area contributed by atoms with Gasteiger partial charge < -0.3 is 10.6 Å². The molecule has 4 nitrogen and oxygen atoms in total. The number of amides is 1. The smallest absolute Gasteiger partial charge is 0.273 e. The molecule has 1 aliphatic rings. The van der Waals surface area contributed by atoms with Crippen LogP contribution in [0.1, 0.15) is 42.7 Å². The Balaban J connectivity index is 2.11. The normalized spacial score (nSPS) is 15.7. The first-order chi connectivity index (χ1) is 10.1. The number of likely N-dealkylation sites (tertiary alicyclic amines) is 1. The predicted molar refractivity (Wildman–Crippen MR) is 83.6 cm³/mol. The number of nitrogens with zero attached hydrogens (tertiary/aromatic N) is 2. The fraction of sp³-hybridized carbons (Fsp3) is 0.529. The van der Waals surface area contributed by atoms with Crippen LogP contribution in [0, 0.1) is 23.7 Å². The van der Waals surface area contributed by atoms with Gasteiger partial charge in [-0.3, -0.25) is 4.79 Å². The van der Waals surface area contributed by atoms with Gasteiger partial charge in [-0.15, -0.1) is 0 Å². The average molecular weight is 285 g/mol. The highest BCUT2D eigenvalue weighted by Gasteiger charge is 2.26. The quantitative estimate of drug-likeness (QED) is 0.844. The molecule has 4 heteroatoms. The lowest BCUT2D eigenvalue weighted by atomic mass is 9.86. The molecule has 1 aliphatic heterocycles. The third kappa shape index (κ3) is 3.83. The van der Waals surface area contributed by atoms with E-state index in [1.54, 1.807) is 12.3 Å². The summed E-state index contributed by atoms with van der Waals surface area (Å²) in [5.41, 5.74) is 6.51. The lowest BCUT2D eigenvalue weighted by Gasteiger charge is -2.33. The third-order valence-electron chi connectivity index (χ3n) is 4.11. The number of rotatable bonds is 2. The standard InChI is InChI=1S/C17H23N3O/c1-13(2)14-7-11-20(12-8-14)17(21)16-15(5-3-9-18)6-4-10-19-16/h4,6,10,13-14H,7-9,11-12,18H2,1-2H3. The first-order valence-electron chi connectivity index (χ1n) is 7.56. The van der Waals surface area contributed by atoms with E-state index in [0.29, 0.717) is 23.1 Å². The summed E-state index contributed by atoms with van der Waals surface area (Å²) in [5.74, 6) is 7.11. The second-order valence-electron chi connectivity index (χ2n) is 5.78. The number of nitrogens with two attached hydrogens (primary N) is 1. The lowest BCUT2D eigenvalue weighted by molar-refractivity contribution is 0.0661. The molecule has 2 rings (SSSR count). The molecule has 0 unspecified atom stereocenters. The summed E-state index contributed by atoms with van der Waals surface area (Å²) in [6.45, 7) is 6.40. The molecule has 1 aromatic rings. The first kappa shape index (κ1) is 15.5. The molecule has 0 radical (unpaired) electrons. The highest BCUT2D eigenvalue weighted by atomic mass is 16.2. The van der Waals surface area contributed by atoms with Crippen molar-refractivity contribution in [1.29, 1.82) is 0 Å². The molecule has 0 saturated carbocycles. The molecule has 1 fully saturated rings. The Morgan fingerprint density at radius 3 is 2.81 bits per heavy atom. The van der Waals surface area contributed by atoms with Crippen molar-refractivity contribution >= 4 is 5.91 Å². The number of carbonyl (C=O) groups excluding carboxylic acids is 1. The van der Waals surface area contributed by atoms with Crippen molar-refractivity contribution < 1.29 is 4.79 Å². The fourth-order valence-corrected chi connectivity index (χ4v) is 2.74. The number of hydrogen-bond donors (Lipinski definition) is 1. The van der Waals surface area contributed by atoms with Gasteiger partial charge >= 0.3 is 0 Å². The monoisotopic (exact) mass is 285 g/mol. The zero-order chi connectivity index (χ0) is 15.2. The summed E-state index contributed by atoms with van der Waals surface area (Å²) in [6, 6.07) is 3.62. The van der Waals surface area contributed by atoms with Crippen LogP contribution in [0.15, 0.2) is 18.3 Å². The summed E-state index contributed by atoms with van der Waals surface area (Å²) in [7, 11) is 0. The van der Waals surface area contributed by atoms with Crippen molar-refractivity contribution in [2.24, 2.45) is 17.6 Å². The van der Waals surface area contributed by atoms with Crippen LogP contribution in [0.3, 0.4) is 0 Å². The Morgan fingerprint density at radius 2 is 2.19 bits per heavy atom. The maximum Gasteiger partial charge on any atom is 0.273 e. The number of hydrogen-bond acceptors (Lipinski definition) is 3. The van der Waals surface area contributed by atoms with Gasteiger partial charge in [0.2, 0.25) is 0 Å². The van der Waals surface area contributed by atoms with E-state index in [-0.39, 0.29) is 12.5 Å². The van der Waals surface area contributed by atoms with E-state index in [4.69, 9.17) is 5.73 Å². The van der Waals surface area contributed by atoms with Crippen LogP contribution in [0.25, 0.3) is 0 Å². The fourth-order valence-electron chi connectivity index (χ4n) is 2.74. The third-order valence-corrected chi connectivity index (χ3v) is 4.11. The highest BCUT2D eigenvalue weighted by molar-refractivity contribution is 5.94. The number of carbonyl (C=O) groups is 1. The van der Waals surface area contributed by atoms with Crippen molar-refractivity contribution in [3.8, 4) is 11.8 Å². The zero-order valence-corrected chi connectivity index (χ0v) is 12.8. The van der Waals surface area contributed by atoms with Gasteiger partial charge in [0.15, 0.2) is 0 Å². The molecule has 1 amide bonds. The van der Waals surface area contributed by atoms with Crippen LogP contribution in [-0.4, -0.2) is 35.4 Å². The summed E-state index contributed by atoms with van der Waals surface area (Å²) in [6.07, 6.45) is 3.78. The number of pyridine rings is 1. The van der Waals surface area contributed by atoms with Crippen LogP contribution in [-0.2, 0) is 0 Å². The van der Waals surface area contributed by atoms with Gasteiger partial charge in [0.1, 0.15) is 5.69 Å². The maximum atomic E-state index is 12.6. The molecule has 0 spiro atoms. The van der Waals surface area contributed by atoms with Crippen LogP contribution in [0.2, 0.25) is 0 Å². The second kappa shape index (κ2) is 7.24. The van der Waals surface area contributed by atoms with E-state index in [1.807, 2.05) is 11.0 Å². The van der Waals surface area contributed by atoms with Crippen molar-refractivity contribution in [2.75, 3.05) is 19.6 Å². The van der Waals surface area contributed by atoms with Crippen molar-refractivity contribution in [1.82, 2.24) is 9.88 Å². The van der Waals surface area contributed by atoms with Gasteiger partial charge in [0, 0.05) is 19.3 Å². The Hall–Kier alpha value is -1.86. The Labute approximate surface area is 126 Å². The van der Waals surface area contributed by atoms with Crippen molar-refractivity contribution in [2.45, 2.75) is 26.7 Å².